The topological polar surface area (TPSA) is 73.0 Å². The Balaban J connectivity index is 1.54. The van der Waals surface area contributed by atoms with Crippen molar-refractivity contribution < 1.29 is 9.21 Å². The van der Waals surface area contributed by atoms with Crippen LogP contribution in [-0.4, -0.2) is 20.4 Å². The summed E-state index contributed by atoms with van der Waals surface area (Å²) in [6.45, 7) is 8.07. The number of anilines is 1. The number of rotatable bonds is 4. The van der Waals surface area contributed by atoms with E-state index >= 15 is 0 Å². The molecule has 0 fully saturated rings. The zero-order valence-electron chi connectivity index (χ0n) is 15.7. The zero-order valence-corrected chi connectivity index (χ0v) is 16.5. The molecule has 7 heteroatoms. The summed E-state index contributed by atoms with van der Waals surface area (Å²) in [4.78, 5) is 21.5. The molecule has 3 aromatic heterocycles. The number of fused-ring (bicyclic) bond motifs is 1. The van der Waals surface area contributed by atoms with Crippen LogP contribution >= 0.6 is 11.3 Å². The molecule has 1 N–H and O–H groups in total. The number of aromatic nitrogens is 3. The SMILES string of the molecule is Cc1nc2cc(NC(=O)Cn3c(C)cc(-c4csc(C)n4)c3C)ccc2o1. The van der Waals surface area contributed by atoms with Crippen molar-refractivity contribution in [3.8, 4) is 11.3 Å². The van der Waals surface area contributed by atoms with Gasteiger partial charge in [0.05, 0.1) is 10.7 Å². The number of thiazole rings is 1. The highest BCUT2D eigenvalue weighted by Crippen LogP contribution is 2.28. The molecule has 0 atom stereocenters. The maximum absolute atomic E-state index is 12.6. The molecule has 0 aliphatic rings. The van der Waals surface area contributed by atoms with Crippen molar-refractivity contribution in [2.24, 2.45) is 0 Å². The predicted octanol–water partition coefficient (Wildman–Crippen LogP) is 4.63. The fraction of sp³-hybridized carbons (Fsp3) is 0.250. The number of nitrogens with zero attached hydrogens (tertiary/aromatic N) is 3. The normalized spacial score (nSPS) is 11.3. The van der Waals surface area contributed by atoms with Crippen molar-refractivity contribution in [2.45, 2.75) is 34.2 Å². The first-order valence-corrected chi connectivity index (χ1v) is 9.55. The second kappa shape index (κ2) is 6.66. The quantitative estimate of drug-likeness (QED) is 0.560. The van der Waals surface area contributed by atoms with Gasteiger partial charge in [-0.15, -0.1) is 11.3 Å². The zero-order chi connectivity index (χ0) is 19.1. The number of hydrogen-bond acceptors (Lipinski definition) is 5. The van der Waals surface area contributed by atoms with Gasteiger partial charge < -0.3 is 14.3 Å². The molecule has 4 rings (SSSR count). The van der Waals surface area contributed by atoms with Crippen molar-refractivity contribution >= 4 is 34.0 Å². The van der Waals surface area contributed by atoms with E-state index in [0.29, 0.717) is 17.2 Å². The van der Waals surface area contributed by atoms with Crippen LogP contribution in [0.4, 0.5) is 5.69 Å². The Bertz CT molecular complexity index is 1150. The number of aryl methyl sites for hydroxylation is 3. The molecule has 4 aromatic rings. The van der Waals surface area contributed by atoms with Gasteiger partial charge in [0, 0.05) is 34.9 Å². The maximum Gasteiger partial charge on any atom is 0.244 e. The van der Waals surface area contributed by atoms with E-state index in [0.717, 1.165) is 33.2 Å². The summed E-state index contributed by atoms with van der Waals surface area (Å²) in [7, 11) is 0. The molecule has 0 aliphatic heterocycles. The van der Waals surface area contributed by atoms with Crippen LogP contribution in [0.2, 0.25) is 0 Å². The van der Waals surface area contributed by atoms with Crippen LogP contribution in [0, 0.1) is 27.7 Å². The second-order valence-corrected chi connectivity index (χ2v) is 7.65. The summed E-state index contributed by atoms with van der Waals surface area (Å²) in [5.41, 5.74) is 6.26. The first kappa shape index (κ1) is 17.5. The van der Waals surface area contributed by atoms with E-state index in [1.54, 1.807) is 18.3 Å². The minimum absolute atomic E-state index is 0.0858. The molecule has 6 nitrogen and oxygen atoms in total. The molecule has 1 amide bonds. The van der Waals surface area contributed by atoms with Gasteiger partial charge in [0.2, 0.25) is 5.91 Å². The number of carbonyl (C=O) groups is 1. The Morgan fingerprint density at radius 2 is 2.00 bits per heavy atom. The summed E-state index contributed by atoms with van der Waals surface area (Å²) in [5, 5.41) is 6.03. The highest BCUT2D eigenvalue weighted by atomic mass is 32.1. The molecule has 0 unspecified atom stereocenters. The molecule has 0 spiro atoms. The molecule has 0 radical (unpaired) electrons. The van der Waals surface area contributed by atoms with Gasteiger partial charge in [-0.25, -0.2) is 9.97 Å². The van der Waals surface area contributed by atoms with Gasteiger partial charge >= 0.3 is 0 Å². The lowest BCUT2D eigenvalue weighted by Crippen LogP contribution is -2.20. The van der Waals surface area contributed by atoms with Crippen molar-refractivity contribution in [1.82, 2.24) is 14.5 Å². The van der Waals surface area contributed by atoms with Gasteiger partial charge in [-0.1, -0.05) is 0 Å². The van der Waals surface area contributed by atoms with E-state index in [2.05, 4.69) is 26.7 Å². The Labute approximate surface area is 160 Å². The standard InChI is InChI=1S/C20H20N4O2S/c1-11-7-16(18-10-27-14(4)22-18)12(2)24(11)9-20(25)23-15-5-6-19-17(8-15)21-13(3)26-19/h5-8,10H,9H2,1-4H3,(H,23,25). The van der Waals surface area contributed by atoms with Crippen LogP contribution in [0.1, 0.15) is 22.3 Å². The Hall–Kier alpha value is -2.93. The first-order chi connectivity index (χ1) is 12.9. The maximum atomic E-state index is 12.6. The van der Waals surface area contributed by atoms with Crippen LogP contribution in [0.3, 0.4) is 0 Å². The predicted molar refractivity (Wildman–Crippen MR) is 107 cm³/mol. The lowest BCUT2D eigenvalue weighted by Gasteiger charge is -2.10. The third-order valence-corrected chi connectivity index (χ3v) is 5.32. The highest BCUT2D eigenvalue weighted by Gasteiger charge is 2.15. The smallest absolute Gasteiger partial charge is 0.244 e. The Morgan fingerprint density at radius 3 is 2.74 bits per heavy atom. The summed E-state index contributed by atoms with van der Waals surface area (Å²) >= 11 is 1.63. The minimum Gasteiger partial charge on any atom is -0.441 e. The molecule has 0 saturated heterocycles. The van der Waals surface area contributed by atoms with Gasteiger partial charge in [0.15, 0.2) is 11.5 Å². The lowest BCUT2D eigenvalue weighted by atomic mass is 10.2. The van der Waals surface area contributed by atoms with Crippen LogP contribution in [-0.2, 0) is 11.3 Å². The largest absolute Gasteiger partial charge is 0.441 e. The molecule has 27 heavy (non-hydrogen) atoms. The van der Waals surface area contributed by atoms with E-state index in [1.807, 2.05) is 43.5 Å². The van der Waals surface area contributed by atoms with Crippen LogP contribution in [0.25, 0.3) is 22.4 Å². The molecule has 1 aromatic carbocycles. The summed E-state index contributed by atoms with van der Waals surface area (Å²) in [6.07, 6.45) is 0. The third-order valence-electron chi connectivity index (χ3n) is 4.55. The molecule has 3 heterocycles. The van der Waals surface area contributed by atoms with Gasteiger partial charge in [-0.2, -0.15) is 0 Å². The molecular weight excluding hydrogens is 360 g/mol. The minimum atomic E-state index is -0.0858. The van der Waals surface area contributed by atoms with Crippen molar-refractivity contribution in [3.63, 3.8) is 0 Å². The lowest BCUT2D eigenvalue weighted by molar-refractivity contribution is -0.116. The number of oxazole rings is 1. The van der Waals surface area contributed by atoms with Gasteiger partial charge in [0.25, 0.3) is 0 Å². The third kappa shape index (κ3) is 3.38. The van der Waals surface area contributed by atoms with Crippen LogP contribution in [0.15, 0.2) is 34.1 Å². The molecule has 0 bridgehead atoms. The van der Waals surface area contributed by atoms with Gasteiger partial charge in [-0.3, -0.25) is 4.79 Å². The fourth-order valence-corrected chi connectivity index (χ4v) is 3.87. The molecule has 138 valence electrons. The van der Waals surface area contributed by atoms with Gasteiger partial charge in [0.1, 0.15) is 12.1 Å². The van der Waals surface area contributed by atoms with E-state index < -0.39 is 0 Å². The summed E-state index contributed by atoms with van der Waals surface area (Å²) in [5.74, 6) is 0.522. The molecular formula is C20H20N4O2S. The number of hydrogen-bond donors (Lipinski definition) is 1. The summed E-state index contributed by atoms with van der Waals surface area (Å²) in [6, 6.07) is 7.55. The highest BCUT2D eigenvalue weighted by molar-refractivity contribution is 7.09. The van der Waals surface area contributed by atoms with Crippen molar-refractivity contribution in [3.05, 3.63) is 51.9 Å². The number of amides is 1. The number of carbonyl (C=O) groups excluding carboxylic acids is 1. The van der Waals surface area contributed by atoms with Gasteiger partial charge in [-0.05, 0) is 45.0 Å². The van der Waals surface area contributed by atoms with E-state index in [1.165, 1.54) is 0 Å². The van der Waals surface area contributed by atoms with Crippen LogP contribution < -0.4 is 5.32 Å². The van der Waals surface area contributed by atoms with E-state index in [9.17, 15) is 4.79 Å². The summed E-state index contributed by atoms with van der Waals surface area (Å²) < 4.78 is 7.48. The Morgan fingerprint density at radius 1 is 1.19 bits per heavy atom. The molecule has 0 saturated carbocycles. The average Bonchev–Trinajstić information content (AvgIpc) is 3.27. The van der Waals surface area contributed by atoms with E-state index in [4.69, 9.17) is 4.42 Å². The number of benzene rings is 1. The average molecular weight is 380 g/mol. The van der Waals surface area contributed by atoms with E-state index in [-0.39, 0.29) is 12.5 Å². The van der Waals surface area contributed by atoms with Crippen LogP contribution in [0.5, 0.6) is 0 Å². The van der Waals surface area contributed by atoms with Crippen molar-refractivity contribution in [2.75, 3.05) is 5.32 Å². The second-order valence-electron chi connectivity index (χ2n) is 6.59. The number of nitrogens with one attached hydrogen (secondary N) is 1. The Kier molecular flexibility index (Phi) is 4.31. The van der Waals surface area contributed by atoms with Crippen molar-refractivity contribution in [1.29, 1.82) is 0 Å². The monoisotopic (exact) mass is 380 g/mol. The molecule has 0 aliphatic carbocycles. The fourth-order valence-electron chi connectivity index (χ4n) is 3.26. The first-order valence-electron chi connectivity index (χ1n) is 8.67.